The van der Waals surface area contributed by atoms with E-state index in [-0.39, 0.29) is 18.4 Å². The second-order valence-electron chi connectivity index (χ2n) is 9.44. The molecule has 29 heavy (non-hydrogen) atoms. The van der Waals surface area contributed by atoms with Crippen molar-refractivity contribution in [2.75, 3.05) is 0 Å². The van der Waals surface area contributed by atoms with Crippen LogP contribution in [-0.2, 0) is 4.79 Å². The number of aliphatic hydroxyl groups is 2. The van der Waals surface area contributed by atoms with Crippen molar-refractivity contribution in [1.29, 1.82) is 0 Å². The van der Waals surface area contributed by atoms with Gasteiger partial charge in [-0.15, -0.1) is 0 Å². The third-order valence-electron chi connectivity index (χ3n) is 6.68. The molecule has 1 aliphatic carbocycles. The van der Waals surface area contributed by atoms with Gasteiger partial charge in [-0.05, 0) is 69.1 Å². The molecule has 0 heterocycles. The summed E-state index contributed by atoms with van der Waals surface area (Å²) in [6.45, 7) is 10.5. The molecule has 0 aliphatic heterocycles. The van der Waals surface area contributed by atoms with Gasteiger partial charge in [0.15, 0.2) is 0 Å². The van der Waals surface area contributed by atoms with Gasteiger partial charge in [0.2, 0.25) is 0 Å². The Morgan fingerprint density at radius 2 is 1.83 bits per heavy atom. The quantitative estimate of drug-likeness (QED) is 0.239. The summed E-state index contributed by atoms with van der Waals surface area (Å²) in [5.41, 5.74) is 1.23. The molecule has 4 heteroatoms. The Bertz CT molecular complexity index is 513. The van der Waals surface area contributed by atoms with Crippen molar-refractivity contribution in [2.24, 2.45) is 23.7 Å². The Morgan fingerprint density at radius 3 is 2.48 bits per heavy atom. The average Bonchev–Trinajstić information content (AvgIpc) is 3.00. The number of aliphatic hydroxyl groups excluding tert-OH is 2. The second kappa shape index (κ2) is 14.0. The molecule has 0 aromatic rings. The summed E-state index contributed by atoms with van der Waals surface area (Å²) in [5, 5.41) is 29.4. The van der Waals surface area contributed by atoms with Crippen LogP contribution >= 0.6 is 0 Å². The normalized spacial score (nSPS) is 25.2. The molecule has 0 bridgehead atoms. The minimum absolute atomic E-state index is 0.247. The fourth-order valence-corrected chi connectivity index (χ4v) is 4.39. The number of hydrogen-bond donors (Lipinski definition) is 3. The highest BCUT2D eigenvalue weighted by Gasteiger charge is 2.32. The number of carboxylic acids is 1. The Labute approximate surface area is 178 Å². The number of carbonyl (C=O) groups is 1. The average molecular weight is 409 g/mol. The van der Waals surface area contributed by atoms with E-state index in [1.165, 1.54) is 5.57 Å². The van der Waals surface area contributed by atoms with Gasteiger partial charge in [-0.1, -0.05) is 63.8 Å². The highest BCUT2D eigenvalue weighted by Crippen LogP contribution is 2.37. The topological polar surface area (TPSA) is 77.8 Å². The number of aliphatic carboxylic acids is 1. The van der Waals surface area contributed by atoms with E-state index >= 15 is 0 Å². The molecule has 1 aliphatic rings. The van der Waals surface area contributed by atoms with Gasteiger partial charge >= 0.3 is 5.97 Å². The Balaban J connectivity index is 2.34. The first-order valence-corrected chi connectivity index (χ1v) is 11.6. The van der Waals surface area contributed by atoms with Crippen molar-refractivity contribution in [3.63, 3.8) is 0 Å². The van der Waals surface area contributed by atoms with E-state index < -0.39 is 12.1 Å². The van der Waals surface area contributed by atoms with Crippen LogP contribution in [0.1, 0.15) is 91.4 Å². The zero-order valence-electron chi connectivity index (χ0n) is 18.9. The minimum Gasteiger partial charge on any atom is -0.481 e. The number of rotatable bonds is 15. The molecule has 1 fully saturated rings. The van der Waals surface area contributed by atoms with Gasteiger partial charge in [-0.25, -0.2) is 0 Å². The molecule has 3 unspecified atom stereocenters. The van der Waals surface area contributed by atoms with E-state index in [1.54, 1.807) is 0 Å². The van der Waals surface area contributed by atoms with E-state index in [1.807, 2.05) is 6.08 Å². The van der Waals surface area contributed by atoms with E-state index in [2.05, 4.69) is 33.4 Å². The van der Waals surface area contributed by atoms with Crippen LogP contribution in [0.25, 0.3) is 0 Å². The Kier molecular flexibility index (Phi) is 12.5. The van der Waals surface area contributed by atoms with E-state index in [4.69, 9.17) is 5.11 Å². The highest BCUT2D eigenvalue weighted by atomic mass is 16.4. The summed E-state index contributed by atoms with van der Waals surface area (Å²) in [6, 6.07) is 0. The lowest BCUT2D eigenvalue weighted by molar-refractivity contribution is -0.137. The molecular formula is C25H44O4. The smallest absolute Gasteiger partial charge is 0.303 e. The zero-order valence-corrected chi connectivity index (χ0v) is 18.9. The molecule has 0 aromatic carbocycles. The molecule has 0 aromatic heterocycles. The lowest BCUT2D eigenvalue weighted by Gasteiger charge is -2.20. The van der Waals surface area contributed by atoms with Crippen LogP contribution in [0.4, 0.5) is 0 Å². The van der Waals surface area contributed by atoms with Crippen LogP contribution in [0.15, 0.2) is 24.3 Å². The molecule has 168 valence electrons. The van der Waals surface area contributed by atoms with Gasteiger partial charge in [0.25, 0.3) is 0 Å². The van der Waals surface area contributed by atoms with Crippen molar-refractivity contribution >= 4 is 5.97 Å². The molecule has 0 amide bonds. The van der Waals surface area contributed by atoms with Gasteiger partial charge < -0.3 is 15.3 Å². The van der Waals surface area contributed by atoms with Gasteiger partial charge in [0, 0.05) is 6.42 Å². The Hall–Kier alpha value is -1.13. The number of unbranched alkanes of at least 4 members (excludes halogenated alkanes) is 3. The first-order chi connectivity index (χ1) is 13.7. The van der Waals surface area contributed by atoms with Crippen LogP contribution in [0.2, 0.25) is 0 Å². The summed E-state index contributed by atoms with van der Waals surface area (Å²) in [5.74, 6) is 0.908. The molecule has 1 saturated carbocycles. The first kappa shape index (κ1) is 25.9. The molecule has 6 atom stereocenters. The largest absolute Gasteiger partial charge is 0.481 e. The molecular weight excluding hydrogens is 364 g/mol. The van der Waals surface area contributed by atoms with Crippen molar-refractivity contribution < 1.29 is 20.1 Å². The first-order valence-electron chi connectivity index (χ1n) is 11.6. The van der Waals surface area contributed by atoms with Gasteiger partial charge in [0.1, 0.15) is 0 Å². The maximum atomic E-state index is 10.5. The van der Waals surface area contributed by atoms with Gasteiger partial charge in [0.05, 0.1) is 12.2 Å². The van der Waals surface area contributed by atoms with Gasteiger partial charge in [-0.2, -0.15) is 0 Å². The predicted octanol–water partition coefficient (Wildman–Crippen LogP) is 5.73. The second-order valence-corrected chi connectivity index (χ2v) is 9.44. The summed E-state index contributed by atoms with van der Waals surface area (Å²) < 4.78 is 0. The number of hydrogen-bond acceptors (Lipinski definition) is 3. The predicted molar refractivity (Wildman–Crippen MR) is 120 cm³/mol. The van der Waals surface area contributed by atoms with Crippen molar-refractivity contribution in [2.45, 2.75) is 104 Å². The fourth-order valence-electron chi connectivity index (χ4n) is 4.39. The molecule has 0 saturated heterocycles. The van der Waals surface area contributed by atoms with E-state index in [0.717, 1.165) is 64.2 Å². The van der Waals surface area contributed by atoms with Crippen molar-refractivity contribution in [1.82, 2.24) is 0 Å². The molecule has 1 rings (SSSR count). The van der Waals surface area contributed by atoms with Crippen LogP contribution in [0, 0.1) is 23.7 Å². The van der Waals surface area contributed by atoms with E-state index in [0.29, 0.717) is 17.8 Å². The standard InChI is InChI=1S/C25H44O4/c1-18(2)20(4)12-11-19(3)17-22(26)15-13-21-14-16-24(27)23(21)9-7-5-6-8-10-25(28)29/h13,15,19-24,26-27H,1,5-12,14,16-17H2,2-4H3,(H,28,29)/t19?,20?,21-,22?,23+,24-/m0/s1. The molecule has 3 N–H and O–H groups in total. The Morgan fingerprint density at radius 1 is 1.14 bits per heavy atom. The lowest BCUT2D eigenvalue weighted by Crippen LogP contribution is -2.18. The molecule has 0 spiro atoms. The zero-order chi connectivity index (χ0) is 21.8. The van der Waals surface area contributed by atoms with Crippen molar-refractivity contribution in [3.05, 3.63) is 24.3 Å². The fraction of sp³-hybridized carbons (Fsp3) is 0.800. The summed E-state index contributed by atoms with van der Waals surface area (Å²) in [4.78, 5) is 10.5. The summed E-state index contributed by atoms with van der Waals surface area (Å²) in [6.07, 6.45) is 13.2. The van der Waals surface area contributed by atoms with Crippen LogP contribution in [0.5, 0.6) is 0 Å². The highest BCUT2D eigenvalue weighted by molar-refractivity contribution is 5.66. The maximum absolute atomic E-state index is 10.5. The minimum atomic E-state index is -0.723. The SMILES string of the molecule is C=C(C)C(C)CCC(C)CC(O)C=C[C@H]1CC[C@H](O)[C@@H]1CCCCCCC(=O)O. The lowest BCUT2D eigenvalue weighted by atomic mass is 9.88. The van der Waals surface area contributed by atoms with Crippen LogP contribution in [-0.4, -0.2) is 33.5 Å². The molecule has 4 nitrogen and oxygen atoms in total. The van der Waals surface area contributed by atoms with Gasteiger partial charge in [-0.3, -0.25) is 4.79 Å². The molecule has 0 radical (unpaired) electrons. The van der Waals surface area contributed by atoms with Crippen LogP contribution < -0.4 is 0 Å². The summed E-state index contributed by atoms with van der Waals surface area (Å²) >= 11 is 0. The van der Waals surface area contributed by atoms with Crippen molar-refractivity contribution in [3.8, 4) is 0 Å². The third-order valence-corrected chi connectivity index (χ3v) is 6.68. The van der Waals surface area contributed by atoms with E-state index in [9.17, 15) is 15.0 Å². The number of allylic oxidation sites excluding steroid dienone is 2. The third kappa shape index (κ3) is 11.0. The summed E-state index contributed by atoms with van der Waals surface area (Å²) in [7, 11) is 0. The monoisotopic (exact) mass is 408 g/mol. The maximum Gasteiger partial charge on any atom is 0.303 e. The number of carboxylic acid groups (broad SMARTS) is 1. The van der Waals surface area contributed by atoms with Crippen LogP contribution in [0.3, 0.4) is 0 Å².